The molecule has 0 bridgehead atoms. The van der Waals surface area contributed by atoms with Gasteiger partial charge in [0.2, 0.25) is 0 Å². The number of phenolic OH excluding ortho intramolecular Hbond substituents is 2. The third-order valence-electron chi connectivity index (χ3n) is 20.0. The van der Waals surface area contributed by atoms with Crippen LogP contribution in [0, 0.1) is 0 Å². The standard InChI is InChI=1S/C90H108O2/c1-5-9-13-17-21-25-29-33-67-37-45-71(46-38-67)79-61-85-86(62-80(79)72-47-39-68(40-48-72)34-30-26-22-18-14-10-6-2)90-66-84(76-55-59-78(92)60-56-76)82(74-51-43-70(44-52-74)36-32-28-24-20-16-12-8-4)64-88(90)87-63-81(83(65-89(85)87)75-53-57-77(91)58-54-75)73-49-41-69(42-50-73)35-31-27-23-19-15-11-7-3/h37-66,91-92H,5-36H2,1-4H3. The minimum atomic E-state index is 0.265. The van der Waals surface area contributed by atoms with E-state index in [1.165, 1.54) is 279 Å². The van der Waals surface area contributed by atoms with Crippen molar-refractivity contribution in [3.63, 3.8) is 0 Å². The highest BCUT2D eigenvalue weighted by Gasteiger charge is 2.22. The van der Waals surface area contributed by atoms with E-state index in [0.717, 1.165) is 47.9 Å². The van der Waals surface area contributed by atoms with Crippen LogP contribution >= 0.6 is 0 Å². The van der Waals surface area contributed by atoms with Crippen molar-refractivity contribution in [1.29, 1.82) is 0 Å². The van der Waals surface area contributed by atoms with Crippen molar-refractivity contribution in [1.82, 2.24) is 0 Å². The van der Waals surface area contributed by atoms with Crippen molar-refractivity contribution < 1.29 is 10.2 Å². The van der Waals surface area contributed by atoms with E-state index in [1.54, 1.807) is 0 Å². The molecule has 480 valence electrons. The predicted molar refractivity (Wildman–Crippen MR) is 402 cm³/mol. The summed E-state index contributed by atoms with van der Waals surface area (Å²) in [6.45, 7) is 9.19. The third-order valence-corrected chi connectivity index (χ3v) is 20.0. The zero-order chi connectivity index (χ0) is 63.7. The van der Waals surface area contributed by atoms with Crippen LogP contribution in [-0.2, 0) is 25.7 Å². The molecule has 92 heavy (non-hydrogen) atoms. The largest absolute Gasteiger partial charge is 0.508 e. The molecule has 2 N–H and O–H groups in total. The van der Waals surface area contributed by atoms with Crippen LogP contribution < -0.4 is 0 Å². The number of unbranched alkanes of at least 4 members (excludes halogenated alkanes) is 24. The van der Waals surface area contributed by atoms with E-state index in [-0.39, 0.29) is 11.5 Å². The minimum Gasteiger partial charge on any atom is -0.508 e. The van der Waals surface area contributed by atoms with Gasteiger partial charge in [-0.3, -0.25) is 0 Å². The lowest BCUT2D eigenvalue weighted by molar-refractivity contribution is 0.475. The van der Waals surface area contributed by atoms with Crippen molar-refractivity contribution in [2.45, 2.75) is 233 Å². The number of rotatable bonds is 38. The molecule has 0 aliphatic rings. The van der Waals surface area contributed by atoms with Gasteiger partial charge in [-0.1, -0.05) is 303 Å². The minimum absolute atomic E-state index is 0.265. The van der Waals surface area contributed by atoms with E-state index in [4.69, 9.17) is 0 Å². The van der Waals surface area contributed by atoms with Gasteiger partial charge in [-0.05, 0) is 233 Å². The average molecular weight is 1220 g/mol. The second kappa shape index (κ2) is 35.6. The highest BCUT2D eigenvalue weighted by atomic mass is 16.3. The van der Waals surface area contributed by atoms with Gasteiger partial charge in [0.15, 0.2) is 0 Å². The fourth-order valence-electron chi connectivity index (χ4n) is 14.4. The molecule has 10 aromatic carbocycles. The zero-order valence-corrected chi connectivity index (χ0v) is 56.8. The lowest BCUT2D eigenvalue weighted by Crippen LogP contribution is -1.95. The summed E-state index contributed by atoms with van der Waals surface area (Å²) in [4.78, 5) is 0. The lowest BCUT2D eigenvalue weighted by Gasteiger charge is -2.21. The van der Waals surface area contributed by atoms with E-state index >= 15 is 0 Å². The molecule has 0 fully saturated rings. The molecule has 2 nitrogen and oxygen atoms in total. The molecule has 2 heteroatoms. The summed E-state index contributed by atoms with van der Waals surface area (Å²) in [7, 11) is 0. The molecule has 0 aromatic heterocycles. The van der Waals surface area contributed by atoms with Crippen molar-refractivity contribution in [3.8, 4) is 78.3 Å². The van der Waals surface area contributed by atoms with E-state index in [2.05, 4.69) is 185 Å². The van der Waals surface area contributed by atoms with Crippen molar-refractivity contribution in [2.24, 2.45) is 0 Å². The SMILES string of the molecule is CCCCCCCCCc1ccc(-c2cc3c(cc2-c2ccc(O)cc2)c2cc(-c4ccc(CCCCCCCCC)cc4)c(-c4ccc(CCCCCCCCC)cc4)cc2c2cc(-c4ccc(O)cc4)c(-c4ccc(CCCCCCCCC)cc4)cc23)cc1. The third kappa shape index (κ3) is 18.5. The molecule has 0 atom stereocenters. The first-order valence-corrected chi connectivity index (χ1v) is 36.8. The Bertz CT molecular complexity index is 3550. The fraction of sp³-hybridized carbons (Fsp3) is 0.400. The van der Waals surface area contributed by atoms with Crippen LogP contribution in [0.5, 0.6) is 11.5 Å². The summed E-state index contributed by atoms with van der Waals surface area (Å²) in [5.41, 5.74) is 19.7. The molecule has 0 heterocycles. The Labute approximate surface area is 555 Å². The van der Waals surface area contributed by atoms with Crippen LogP contribution in [0.2, 0.25) is 0 Å². The first-order valence-electron chi connectivity index (χ1n) is 36.8. The smallest absolute Gasteiger partial charge is 0.115 e. The maximum absolute atomic E-state index is 10.8. The van der Waals surface area contributed by atoms with Gasteiger partial charge < -0.3 is 10.2 Å². The van der Waals surface area contributed by atoms with E-state index < -0.39 is 0 Å². The molecule has 0 aliphatic carbocycles. The van der Waals surface area contributed by atoms with Crippen LogP contribution in [-0.4, -0.2) is 10.2 Å². The second-order valence-electron chi connectivity index (χ2n) is 27.2. The number of aryl methyl sites for hydroxylation is 4. The van der Waals surface area contributed by atoms with E-state index in [0.29, 0.717) is 0 Å². The number of phenols is 2. The molecule has 0 unspecified atom stereocenters. The Kier molecular flexibility index (Phi) is 26.1. The number of hydrogen-bond acceptors (Lipinski definition) is 2. The van der Waals surface area contributed by atoms with Gasteiger partial charge in [-0.2, -0.15) is 0 Å². The second-order valence-corrected chi connectivity index (χ2v) is 27.2. The van der Waals surface area contributed by atoms with E-state index in [9.17, 15) is 10.2 Å². The molecular weight excluding hydrogens is 1110 g/mol. The van der Waals surface area contributed by atoms with Crippen LogP contribution in [0.25, 0.3) is 99.1 Å². The van der Waals surface area contributed by atoms with Crippen molar-refractivity contribution in [2.75, 3.05) is 0 Å². The Balaban J connectivity index is 1.16. The van der Waals surface area contributed by atoms with Gasteiger partial charge >= 0.3 is 0 Å². The van der Waals surface area contributed by atoms with Gasteiger partial charge in [0, 0.05) is 0 Å². The molecule has 0 spiro atoms. The van der Waals surface area contributed by atoms with Gasteiger partial charge in [-0.25, -0.2) is 0 Å². The summed E-state index contributed by atoms with van der Waals surface area (Å²) < 4.78 is 0. The maximum atomic E-state index is 10.8. The Morgan fingerprint density at radius 1 is 0.185 bits per heavy atom. The highest BCUT2D eigenvalue weighted by Crippen LogP contribution is 2.48. The fourth-order valence-corrected chi connectivity index (χ4v) is 14.4. The number of aromatic hydroxyl groups is 2. The van der Waals surface area contributed by atoms with Gasteiger partial charge in [0.1, 0.15) is 11.5 Å². The van der Waals surface area contributed by atoms with Crippen molar-refractivity contribution in [3.05, 3.63) is 204 Å². The molecule has 0 radical (unpaired) electrons. The van der Waals surface area contributed by atoms with Crippen molar-refractivity contribution >= 4 is 32.3 Å². The lowest BCUT2D eigenvalue weighted by atomic mass is 9.82. The van der Waals surface area contributed by atoms with Gasteiger partial charge in [0.05, 0.1) is 0 Å². The number of hydrogen-bond donors (Lipinski definition) is 2. The Morgan fingerprint density at radius 3 is 0.511 bits per heavy atom. The Morgan fingerprint density at radius 2 is 0.337 bits per heavy atom. The quantitative estimate of drug-likeness (QED) is 0.0299. The number of fused-ring (bicyclic) bond motifs is 6. The predicted octanol–water partition coefficient (Wildman–Crippen LogP) is 27.7. The first-order chi connectivity index (χ1) is 45.3. The van der Waals surface area contributed by atoms with Crippen LogP contribution in [0.4, 0.5) is 0 Å². The summed E-state index contributed by atoms with van der Waals surface area (Å²) >= 11 is 0. The summed E-state index contributed by atoms with van der Waals surface area (Å²) in [5.74, 6) is 0.531. The highest BCUT2D eigenvalue weighted by molar-refractivity contribution is 6.29. The Hall–Kier alpha value is -7.42. The summed E-state index contributed by atoms with van der Waals surface area (Å²) in [6, 6.07) is 68.8. The zero-order valence-electron chi connectivity index (χ0n) is 56.8. The topological polar surface area (TPSA) is 40.5 Å². The molecule has 0 saturated heterocycles. The van der Waals surface area contributed by atoms with Crippen LogP contribution in [0.15, 0.2) is 182 Å². The first kappa shape index (κ1) is 67.5. The molecule has 0 saturated carbocycles. The van der Waals surface area contributed by atoms with Crippen LogP contribution in [0.3, 0.4) is 0 Å². The van der Waals surface area contributed by atoms with Crippen LogP contribution in [0.1, 0.15) is 230 Å². The molecule has 0 aliphatic heterocycles. The maximum Gasteiger partial charge on any atom is 0.115 e. The normalized spacial score (nSPS) is 11.7. The molecular formula is C90H108O2. The van der Waals surface area contributed by atoms with E-state index in [1.807, 2.05) is 24.3 Å². The van der Waals surface area contributed by atoms with Gasteiger partial charge in [-0.15, -0.1) is 0 Å². The average Bonchev–Trinajstić information content (AvgIpc) is 0.717. The molecule has 10 aromatic rings. The van der Waals surface area contributed by atoms with Gasteiger partial charge in [0.25, 0.3) is 0 Å². The molecule has 0 amide bonds. The number of benzene rings is 10. The summed E-state index contributed by atoms with van der Waals surface area (Å²) in [5, 5.41) is 28.8. The summed E-state index contributed by atoms with van der Waals surface area (Å²) in [6.07, 6.45) is 41.0. The molecule has 10 rings (SSSR count). The monoisotopic (exact) mass is 1220 g/mol.